The van der Waals surface area contributed by atoms with Crippen LogP contribution in [0.2, 0.25) is 0 Å². The van der Waals surface area contributed by atoms with Crippen LogP contribution in [0.5, 0.6) is 11.5 Å². The lowest BCUT2D eigenvalue weighted by Gasteiger charge is -2.32. The molecule has 0 atom stereocenters. The van der Waals surface area contributed by atoms with Crippen molar-refractivity contribution in [2.75, 3.05) is 40.9 Å². The highest BCUT2D eigenvalue weighted by Gasteiger charge is 2.25. The number of piperidine rings is 1. The van der Waals surface area contributed by atoms with Crippen LogP contribution in [0, 0.1) is 12.8 Å². The molecular weight excluding hydrogens is 280 g/mol. The summed E-state index contributed by atoms with van der Waals surface area (Å²) in [5.41, 5.74) is 1.62. The average Bonchev–Trinajstić information content (AvgIpc) is 2.55. The first-order valence-corrected chi connectivity index (χ1v) is 7.77. The summed E-state index contributed by atoms with van der Waals surface area (Å²) in [4.78, 5) is 14.7. The van der Waals surface area contributed by atoms with Gasteiger partial charge in [0.25, 0.3) is 5.91 Å². The fourth-order valence-corrected chi connectivity index (χ4v) is 3.01. The normalized spacial score (nSPS) is 15.7. The van der Waals surface area contributed by atoms with Crippen molar-refractivity contribution in [1.29, 1.82) is 0 Å². The fraction of sp³-hybridized carbons (Fsp3) is 0.588. The van der Waals surface area contributed by atoms with E-state index in [2.05, 4.69) is 5.32 Å². The van der Waals surface area contributed by atoms with Gasteiger partial charge in [0.1, 0.15) is 0 Å². The average molecular weight is 306 g/mol. The fourth-order valence-electron chi connectivity index (χ4n) is 3.01. The maximum absolute atomic E-state index is 12.8. The van der Waals surface area contributed by atoms with Gasteiger partial charge in [-0.15, -0.1) is 0 Å². The van der Waals surface area contributed by atoms with Crippen LogP contribution in [-0.4, -0.2) is 51.7 Å². The zero-order valence-electron chi connectivity index (χ0n) is 13.9. The summed E-state index contributed by atoms with van der Waals surface area (Å²) in [6.07, 6.45) is 2.11. The zero-order chi connectivity index (χ0) is 16.1. The van der Waals surface area contributed by atoms with Gasteiger partial charge in [-0.1, -0.05) is 0 Å². The van der Waals surface area contributed by atoms with Crippen molar-refractivity contribution in [2.45, 2.75) is 19.8 Å². The van der Waals surface area contributed by atoms with Crippen LogP contribution in [0.25, 0.3) is 0 Å². The van der Waals surface area contributed by atoms with Crippen molar-refractivity contribution in [2.24, 2.45) is 5.92 Å². The summed E-state index contributed by atoms with van der Waals surface area (Å²) in [6, 6.07) is 3.65. The van der Waals surface area contributed by atoms with E-state index in [0.29, 0.717) is 23.0 Å². The van der Waals surface area contributed by atoms with Crippen molar-refractivity contribution < 1.29 is 14.3 Å². The first-order valence-electron chi connectivity index (χ1n) is 7.77. The van der Waals surface area contributed by atoms with E-state index in [0.717, 1.165) is 38.0 Å². The molecule has 0 bridgehead atoms. The molecule has 1 aliphatic rings. The molecule has 5 nitrogen and oxygen atoms in total. The molecular formula is C17H26N2O3. The minimum Gasteiger partial charge on any atom is -0.493 e. The Labute approximate surface area is 132 Å². The molecule has 1 fully saturated rings. The predicted molar refractivity (Wildman–Crippen MR) is 86.8 cm³/mol. The molecule has 0 spiro atoms. The highest BCUT2D eigenvalue weighted by molar-refractivity contribution is 5.96. The third-order valence-electron chi connectivity index (χ3n) is 4.36. The summed E-state index contributed by atoms with van der Waals surface area (Å²) >= 11 is 0. The monoisotopic (exact) mass is 306 g/mol. The number of ether oxygens (including phenoxy) is 2. The predicted octanol–water partition coefficient (Wildman–Crippen LogP) is 2.08. The number of amides is 1. The Kier molecular flexibility index (Phi) is 5.66. The van der Waals surface area contributed by atoms with Crippen LogP contribution in [0.4, 0.5) is 0 Å². The van der Waals surface area contributed by atoms with Gasteiger partial charge in [0.15, 0.2) is 11.5 Å². The van der Waals surface area contributed by atoms with Gasteiger partial charge in [0.05, 0.1) is 14.2 Å². The second-order valence-electron chi connectivity index (χ2n) is 5.82. The van der Waals surface area contributed by atoms with Gasteiger partial charge in [-0.25, -0.2) is 0 Å². The Morgan fingerprint density at radius 3 is 2.36 bits per heavy atom. The van der Waals surface area contributed by atoms with Crippen LogP contribution in [0.3, 0.4) is 0 Å². The number of nitrogens with one attached hydrogen (secondary N) is 1. The Morgan fingerprint density at radius 2 is 1.82 bits per heavy atom. The third kappa shape index (κ3) is 3.53. The Hall–Kier alpha value is -1.75. The first-order chi connectivity index (χ1) is 10.6. The van der Waals surface area contributed by atoms with E-state index in [1.54, 1.807) is 20.3 Å². The molecule has 1 saturated heterocycles. The molecule has 1 heterocycles. The molecule has 1 aliphatic heterocycles. The van der Waals surface area contributed by atoms with Crippen LogP contribution in [0.1, 0.15) is 28.8 Å². The van der Waals surface area contributed by atoms with Crippen molar-refractivity contribution in [1.82, 2.24) is 10.2 Å². The van der Waals surface area contributed by atoms with E-state index in [1.165, 1.54) is 0 Å². The number of carbonyl (C=O) groups is 1. The maximum Gasteiger partial charge on any atom is 0.254 e. The van der Waals surface area contributed by atoms with E-state index in [9.17, 15) is 4.79 Å². The highest BCUT2D eigenvalue weighted by Crippen LogP contribution is 2.31. The SMILES string of the molecule is CNCC1CCN(C(=O)c2cc(OC)c(OC)cc2C)CC1. The number of hydrogen-bond acceptors (Lipinski definition) is 4. The second kappa shape index (κ2) is 7.49. The summed E-state index contributed by atoms with van der Waals surface area (Å²) in [5, 5.41) is 3.22. The smallest absolute Gasteiger partial charge is 0.254 e. The number of carbonyl (C=O) groups excluding carboxylic acids is 1. The number of aryl methyl sites for hydroxylation is 1. The number of likely N-dealkylation sites (tertiary alicyclic amines) is 1. The van der Waals surface area contributed by atoms with E-state index < -0.39 is 0 Å². The van der Waals surface area contributed by atoms with Crippen molar-refractivity contribution in [3.63, 3.8) is 0 Å². The van der Waals surface area contributed by atoms with E-state index in [4.69, 9.17) is 9.47 Å². The standard InChI is InChI=1S/C17H26N2O3/c1-12-9-15(21-3)16(22-4)10-14(12)17(20)19-7-5-13(6-8-19)11-18-2/h9-10,13,18H,5-8,11H2,1-4H3. The molecule has 0 aliphatic carbocycles. The molecule has 5 heteroatoms. The molecule has 2 rings (SSSR count). The number of methoxy groups -OCH3 is 2. The summed E-state index contributed by atoms with van der Waals surface area (Å²) in [6.45, 7) is 4.60. The van der Waals surface area contributed by atoms with Crippen LogP contribution in [0.15, 0.2) is 12.1 Å². The van der Waals surface area contributed by atoms with Crippen molar-refractivity contribution in [3.05, 3.63) is 23.3 Å². The number of benzene rings is 1. The van der Waals surface area contributed by atoms with E-state index in [-0.39, 0.29) is 5.91 Å². The van der Waals surface area contributed by atoms with Gasteiger partial charge in [-0.2, -0.15) is 0 Å². The van der Waals surface area contributed by atoms with Crippen LogP contribution < -0.4 is 14.8 Å². The van der Waals surface area contributed by atoms with E-state index in [1.807, 2.05) is 24.9 Å². The molecule has 1 amide bonds. The Morgan fingerprint density at radius 1 is 1.23 bits per heavy atom. The molecule has 0 radical (unpaired) electrons. The second-order valence-corrected chi connectivity index (χ2v) is 5.82. The molecule has 1 aromatic rings. The van der Waals surface area contributed by atoms with E-state index >= 15 is 0 Å². The van der Waals surface area contributed by atoms with Gasteiger partial charge in [0, 0.05) is 18.7 Å². The third-order valence-corrected chi connectivity index (χ3v) is 4.36. The Balaban J connectivity index is 2.13. The number of nitrogens with zero attached hydrogens (tertiary/aromatic N) is 1. The molecule has 22 heavy (non-hydrogen) atoms. The summed E-state index contributed by atoms with van der Waals surface area (Å²) < 4.78 is 10.6. The van der Waals surface area contributed by atoms with Crippen molar-refractivity contribution >= 4 is 5.91 Å². The van der Waals surface area contributed by atoms with Crippen LogP contribution >= 0.6 is 0 Å². The lowest BCUT2D eigenvalue weighted by atomic mass is 9.96. The van der Waals surface area contributed by atoms with Crippen LogP contribution in [-0.2, 0) is 0 Å². The lowest BCUT2D eigenvalue weighted by Crippen LogP contribution is -2.40. The lowest BCUT2D eigenvalue weighted by molar-refractivity contribution is 0.0689. The Bertz CT molecular complexity index is 523. The summed E-state index contributed by atoms with van der Waals surface area (Å²) in [5.74, 6) is 2.01. The van der Waals surface area contributed by atoms with Gasteiger partial charge in [-0.3, -0.25) is 4.79 Å². The molecule has 0 unspecified atom stereocenters. The molecule has 0 aromatic heterocycles. The topological polar surface area (TPSA) is 50.8 Å². The largest absolute Gasteiger partial charge is 0.493 e. The van der Waals surface area contributed by atoms with Gasteiger partial charge in [-0.05, 0) is 57.0 Å². The minimum atomic E-state index is 0.0846. The van der Waals surface area contributed by atoms with Crippen molar-refractivity contribution in [3.8, 4) is 11.5 Å². The quantitative estimate of drug-likeness (QED) is 0.905. The van der Waals surface area contributed by atoms with Gasteiger partial charge < -0.3 is 19.7 Å². The zero-order valence-corrected chi connectivity index (χ0v) is 13.9. The summed E-state index contributed by atoms with van der Waals surface area (Å²) in [7, 11) is 5.17. The molecule has 0 saturated carbocycles. The van der Waals surface area contributed by atoms with Gasteiger partial charge >= 0.3 is 0 Å². The number of rotatable bonds is 5. The molecule has 1 aromatic carbocycles. The number of hydrogen-bond donors (Lipinski definition) is 1. The first kappa shape index (κ1) is 16.6. The molecule has 122 valence electrons. The van der Waals surface area contributed by atoms with Gasteiger partial charge in [0.2, 0.25) is 0 Å². The highest BCUT2D eigenvalue weighted by atomic mass is 16.5. The maximum atomic E-state index is 12.8. The molecule has 1 N–H and O–H groups in total. The minimum absolute atomic E-state index is 0.0846.